The molecule has 4 aliphatic rings. The SMILES string of the molecule is CCN.COC(=O)CCC(C)C1CCC2C3CC[C@@H]4CC(=O)CC[C@]4(C)C3CC[C@]12C. The molecule has 0 bridgehead atoms. The number of fused-ring (bicyclic) bond motifs is 5. The van der Waals surface area contributed by atoms with Crippen LogP contribution in [0.2, 0.25) is 0 Å². The van der Waals surface area contributed by atoms with Crippen LogP contribution in [0.3, 0.4) is 0 Å². The molecule has 4 fully saturated rings. The number of ketones is 1. The first-order valence-corrected chi connectivity index (χ1v) is 13.0. The number of Topliss-reactive ketones (excluding diaryl/α,β-unsaturated/α-hetero) is 1. The molecule has 5 unspecified atom stereocenters. The fourth-order valence-electron chi connectivity index (χ4n) is 8.67. The van der Waals surface area contributed by atoms with Gasteiger partial charge in [-0.2, -0.15) is 0 Å². The summed E-state index contributed by atoms with van der Waals surface area (Å²) < 4.78 is 4.87. The van der Waals surface area contributed by atoms with Gasteiger partial charge in [0.25, 0.3) is 0 Å². The third-order valence-electron chi connectivity index (χ3n) is 10.3. The maximum atomic E-state index is 12.1. The van der Waals surface area contributed by atoms with Gasteiger partial charge in [0.15, 0.2) is 0 Å². The average Bonchev–Trinajstić information content (AvgIpc) is 3.10. The summed E-state index contributed by atoms with van der Waals surface area (Å²) in [5.41, 5.74) is 5.71. The summed E-state index contributed by atoms with van der Waals surface area (Å²) in [4.78, 5) is 23.7. The molecular formula is C27H47NO3. The van der Waals surface area contributed by atoms with E-state index >= 15 is 0 Å². The van der Waals surface area contributed by atoms with Gasteiger partial charge in [-0.3, -0.25) is 9.59 Å². The van der Waals surface area contributed by atoms with Crippen LogP contribution in [-0.4, -0.2) is 25.4 Å². The second-order valence-corrected chi connectivity index (χ2v) is 11.6. The van der Waals surface area contributed by atoms with E-state index in [1.54, 1.807) is 0 Å². The molecule has 0 aromatic heterocycles. The van der Waals surface area contributed by atoms with Gasteiger partial charge in [-0.25, -0.2) is 0 Å². The van der Waals surface area contributed by atoms with Crippen molar-refractivity contribution in [2.24, 2.45) is 52.1 Å². The number of methoxy groups -OCH3 is 1. The maximum absolute atomic E-state index is 12.1. The highest BCUT2D eigenvalue weighted by Gasteiger charge is 2.60. The molecule has 4 rings (SSSR count). The van der Waals surface area contributed by atoms with Crippen LogP contribution < -0.4 is 5.73 Å². The highest BCUT2D eigenvalue weighted by molar-refractivity contribution is 5.79. The zero-order valence-corrected chi connectivity index (χ0v) is 20.8. The summed E-state index contributed by atoms with van der Waals surface area (Å²) in [6.07, 6.45) is 12.4. The summed E-state index contributed by atoms with van der Waals surface area (Å²) in [5, 5.41) is 0. The van der Waals surface area contributed by atoms with Crippen molar-refractivity contribution < 1.29 is 14.3 Å². The predicted molar refractivity (Wildman–Crippen MR) is 125 cm³/mol. The zero-order valence-electron chi connectivity index (χ0n) is 20.8. The monoisotopic (exact) mass is 433 g/mol. The van der Waals surface area contributed by atoms with Crippen molar-refractivity contribution >= 4 is 11.8 Å². The highest BCUT2D eigenvalue weighted by atomic mass is 16.5. The Morgan fingerprint density at radius 1 is 1.10 bits per heavy atom. The minimum Gasteiger partial charge on any atom is -0.469 e. The maximum Gasteiger partial charge on any atom is 0.305 e. The Morgan fingerprint density at radius 3 is 2.45 bits per heavy atom. The van der Waals surface area contributed by atoms with Gasteiger partial charge < -0.3 is 10.5 Å². The van der Waals surface area contributed by atoms with Gasteiger partial charge in [-0.05, 0) is 104 Å². The Balaban J connectivity index is 0.000000858. The van der Waals surface area contributed by atoms with E-state index in [-0.39, 0.29) is 5.97 Å². The van der Waals surface area contributed by atoms with Crippen LogP contribution in [0.25, 0.3) is 0 Å². The minimum absolute atomic E-state index is 0.0617. The molecule has 0 aromatic rings. The number of esters is 1. The third kappa shape index (κ3) is 4.61. The van der Waals surface area contributed by atoms with Gasteiger partial charge in [-0.1, -0.05) is 27.7 Å². The Hall–Kier alpha value is -0.900. The first-order valence-electron chi connectivity index (χ1n) is 13.0. The average molecular weight is 434 g/mol. The molecule has 4 saturated carbocycles. The lowest BCUT2D eigenvalue weighted by atomic mass is 9.44. The lowest BCUT2D eigenvalue weighted by Crippen LogP contribution is -2.53. The number of nitrogens with two attached hydrogens (primary N) is 1. The van der Waals surface area contributed by atoms with E-state index in [9.17, 15) is 9.59 Å². The number of hydrogen-bond acceptors (Lipinski definition) is 4. The lowest BCUT2D eigenvalue weighted by molar-refractivity contribution is -0.141. The molecular weight excluding hydrogens is 386 g/mol. The number of ether oxygens (including phenoxy) is 1. The van der Waals surface area contributed by atoms with Crippen LogP contribution in [0.4, 0.5) is 0 Å². The van der Waals surface area contributed by atoms with Crippen LogP contribution in [-0.2, 0) is 14.3 Å². The Kier molecular flexibility index (Phi) is 7.92. The molecule has 0 saturated heterocycles. The van der Waals surface area contributed by atoms with Gasteiger partial charge in [0, 0.05) is 19.3 Å². The molecule has 4 aliphatic carbocycles. The standard InChI is InChI=1S/C25H40O3.C2H7N/c1-16(5-10-23(27)28-4)20-8-9-21-19-7-6-17-15-18(26)11-13-24(17,2)22(19)12-14-25(20,21)3;1-2-3/h16-17,19-22H,5-15H2,1-4H3;2-3H2,1H3/t16?,17-,19?,20?,21?,22?,24+,25-;/m1./s1. The summed E-state index contributed by atoms with van der Waals surface area (Å²) in [6.45, 7) is 10.1. The second-order valence-electron chi connectivity index (χ2n) is 11.6. The Bertz CT molecular complexity index is 648. The zero-order chi connectivity index (χ0) is 22.8. The van der Waals surface area contributed by atoms with Crippen molar-refractivity contribution in [3.8, 4) is 0 Å². The molecule has 178 valence electrons. The highest BCUT2D eigenvalue weighted by Crippen LogP contribution is 2.68. The quantitative estimate of drug-likeness (QED) is 0.572. The van der Waals surface area contributed by atoms with Gasteiger partial charge in [0.05, 0.1) is 7.11 Å². The van der Waals surface area contributed by atoms with E-state index in [1.165, 1.54) is 45.6 Å². The molecule has 8 atom stereocenters. The second kappa shape index (κ2) is 9.93. The van der Waals surface area contributed by atoms with Crippen molar-refractivity contribution in [3.63, 3.8) is 0 Å². The summed E-state index contributed by atoms with van der Waals surface area (Å²) >= 11 is 0. The fraction of sp³-hybridized carbons (Fsp3) is 0.926. The molecule has 31 heavy (non-hydrogen) atoms. The van der Waals surface area contributed by atoms with Gasteiger partial charge >= 0.3 is 5.97 Å². The van der Waals surface area contributed by atoms with Crippen molar-refractivity contribution in [2.45, 2.75) is 98.3 Å². The molecule has 4 heteroatoms. The van der Waals surface area contributed by atoms with Crippen molar-refractivity contribution in [2.75, 3.05) is 13.7 Å². The summed E-state index contributed by atoms with van der Waals surface area (Å²) in [6, 6.07) is 0. The van der Waals surface area contributed by atoms with Crippen LogP contribution in [0.15, 0.2) is 0 Å². The van der Waals surface area contributed by atoms with Crippen molar-refractivity contribution in [1.29, 1.82) is 0 Å². The molecule has 0 heterocycles. The number of carbonyl (C=O) groups excluding carboxylic acids is 2. The van der Waals surface area contributed by atoms with Crippen LogP contribution in [0.1, 0.15) is 98.3 Å². The summed E-state index contributed by atoms with van der Waals surface area (Å²) in [7, 11) is 1.50. The molecule has 0 amide bonds. The number of carbonyl (C=O) groups is 2. The molecule has 0 spiro atoms. The summed E-state index contributed by atoms with van der Waals surface area (Å²) in [5.74, 6) is 5.01. The van der Waals surface area contributed by atoms with E-state index in [4.69, 9.17) is 10.5 Å². The Morgan fingerprint density at radius 2 is 1.77 bits per heavy atom. The van der Waals surface area contributed by atoms with Crippen LogP contribution >= 0.6 is 0 Å². The van der Waals surface area contributed by atoms with Crippen molar-refractivity contribution in [3.05, 3.63) is 0 Å². The molecule has 0 aromatic carbocycles. The third-order valence-corrected chi connectivity index (χ3v) is 10.3. The topological polar surface area (TPSA) is 69.4 Å². The van der Waals surface area contributed by atoms with E-state index in [1.807, 2.05) is 6.92 Å². The molecule has 4 nitrogen and oxygen atoms in total. The molecule has 0 aliphatic heterocycles. The van der Waals surface area contributed by atoms with Crippen LogP contribution in [0.5, 0.6) is 0 Å². The largest absolute Gasteiger partial charge is 0.469 e. The lowest BCUT2D eigenvalue weighted by Gasteiger charge is -2.60. The van der Waals surface area contributed by atoms with E-state index in [2.05, 4.69) is 20.8 Å². The predicted octanol–water partition coefficient (Wildman–Crippen LogP) is 5.77. The fourth-order valence-corrected chi connectivity index (χ4v) is 8.67. The smallest absolute Gasteiger partial charge is 0.305 e. The number of hydrogen-bond donors (Lipinski definition) is 1. The van der Waals surface area contributed by atoms with Crippen molar-refractivity contribution in [1.82, 2.24) is 0 Å². The Labute approximate surface area is 190 Å². The minimum atomic E-state index is -0.0617. The normalized spacial score (nSPS) is 42.4. The van der Waals surface area contributed by atoms with Gasteiger partial charge in [0.2, 0.25) is 0 Å². The van der Waals surface area contributed by atoms with E-state index in [0.29, 0.717) is 34.9 Å². The van der Waals surface area contributed by atoms with Gasteiger partial charge in [-0.15, -0.1) is 0 Å². The van der Waals surface area contributed by atoms with E-state index < -0.39 is 0 Å². The first-order chi connectivity index (χ1) is 14.7. The van der Waals surface area contributed by atoms with Crippen LogP contribution in [0, 0.1) is 46.3 Å². The van der Waals surface area contributed by atoms with Gasteiger partial charge in [0.1, 0.15) is 5.78 Å². The molecule has 2 N–H and O–H groups in total. The number of rotatable bonds is 4. The first kappa shape index (κ1) is 24.7. The van der Waals surface area contributed by atoms with E-state index in [0.717, 1.165) is 55.9 Å². The molecule has 0 radical (unpaired) electrons.